The number of anilines is 1. The van der Waals surface area contributed by atoms with Crippen molar-refractivity contribution >= 4 is 28.5 Å². The van der Waals surface area contributed by atoms with Crippen LogP contribution in [-0.2, 0) is 13.0 Å². The number of ether oxygens (including phenoxy) is 1. The van der Waals surface area contributed by atoms with E-state index in [9.17, 15) is 9.59 Å². The fraction of sp³-hybridized carbons (Fsp3) is 0.150. The van der Waals surface area contributed by atoms with Gasteiger partial charge in [-0.1, -0.05) is 47.7 Å². The lowest BCUT2D eigenvalue weighted by Gasteiger charge is -2.26. The Hall–Kier alpha value is -3.19. The molecule has 27 heavy (non-hydrogen) atoms. The Morgan fingerprint density at radius 2 is 1.74 bits per heavy atom. The van der Waals surface area contributed by atoms with Crippen LogP contribution in [0.3, 0.4) is 0 Å². The van der Waals surface area contributed by atoms with Gasteiger partial charge in [0.15, 0.2) is 5.13 Å². The zero-order chi connectivity index (χ0) is 18.6. The van der Waals surface area contributed by atoms with Crippen molar-refractivity contribution < 1.29 is 14.3 Å². The fourth-order valence-electron chi connectivity index (χ4n) is 2.89. The number of para-hydroxylation sites is 1. The molecule has 6 nitrogen and oxygen atoms in total. The summed E-state index contributed by atoms with van der Waals surface area (Å²) in [4.78, 5) is 31.9. The quantitative estimate of drug-likeness (QED) is 0.748. The third-order valence-corrected chi connectivity index (χ3v) is 5.20. The Labute approximate surface area is 160 Å². The lowest BCUT2D eigenvalue weighted by molar-refractivity contribution is 0.0736. The van der Waals surface area contributed by atoms with E-state index in [0.717, 1.165) is 10.6 Å². The summed E-state index contributed by atoms with van der Waals surface area (Å²) in [6, 6.07) is 18.1. The first-order valence-electron chi connectivity index (χ1n) is 8.56. The summed E-state index contributed by atoms with van der Waals surface area (Å²) < 4.78 is 5.22. The predicted octanol–water partition coefficient (Wildman–Crippen LogP) is 3.95. The SMILES string of the molecule is O=C(Nc1nc2c(s1)CN(C(=O)c1ccccc1)CC2)Oc1ccccc1. The zero-order valence-corrected chi connectivity index (χ0v) is 15.2. The maximum absolute atomic E-state index is 12.6. The van der Waals surface area contributed by atoms with Gasteiger partial charge in [0.1, 0.15) is 5.75 Å². The van der Waals surface area contributed by atoms with Gasteiger partial charge in [0.05, 0.1) is 12.2 Å². The van der Waals surface area contributed by atoms with E-state index in [0.29, 0.717) is 36.0 Å². The number of benzene rings is 2. The molecule has 0 spiro atoms. The molecular formula is C20H17N3O3S. The Morgan fingerprint density at radius 1 is 1.04 bits per heavy atom. The molecule has 1 N–H and O–H groups in total. The summed E-state index contributed by atoms with van der Waals surface area (Å²) in [6.07, 6.45) is 0.0873. The van der Waals surface area contributed by atoms with Crippen LogP contribution in [0.15, 0.2) is 60.7 Å². The first-order chi connectivity index (χ1) is 13.2. The molecule has 3 aromatic rings. The normalized spacial score (nSPS) is 13.0. The number of nitrogens with one attached hydrogen (secondary N) is 1. The number of amides is 2. The highest BCUT2D eigenvalue weighted by molar-refractivity contribution is 7.15. The molecule has 0 bridgehead atoms. The summed E-state index contributed by atoms with van der Waals surface area (Å²) in [6.45, 7) is 1.11. The number of nitrogens with zero attached hydrogens (tertiary/aromatic N) is 2. The van der Waals surface area contributed by atoms with Crippen molar-refractivity contribution in [1.29, 1.82) is 0 Å². The first kappa shape index (κ1) is 17.2. The molecular weight excluding hydrogens is 362 g/mol. The van der Waals surface area contributed by atoms with E-state index in [-0.39, 0.29) is 5.91 Å². The highest BCUT2D eigenvalue weighted by Gasteiger charge is 2.25. The lowest BCUT2D eigenvalue weighted by Crippen LogP contribution is -2.35. The van der Waals surface area contributed by atoms with E-state index < -0.39 is 6.09 Å². The van der Waals surface area contributed by atoms with E-state index in [1.54, 1.807) is 24.3 Å². The van der Waals surface area contributed by atoms with E-state index in [1.165, 1.54) is 11.3 Å². The van der Waals surface area contributed by atoms with Crippen molar-refractivity contribution in [2.75, 3.05) is 11.9 Å². The molecule has 136 valence electrons. The average Bonchev–Trinajstić information content (AvgIpc) is 3.10. The molecule has 2 aromatic carbocycles. The number of thiazole rings is 1. The van der Waals surface area contributed by atoms with Crippen molar-refractivity contribution in [2.45, 2.75) is 13.0 Å². The van der Waals surface area contributed by atoms with Gasteiger partial charge in [0.25, 0.3) is 5.91 Å². The Bertz CT molecular complexity index is 957. The number of hydrogen-bond donors (Lipinski definition) is 1. The molecule has 7 heteroatoms. The number of fused-ring (bicyclic) bond motifs is 1. The molecule has 4 rings (SSSR count). The first-order valence-corrected chi connectivity index (χ1v) is 9.37. The Kier molecular flexibility index (Phi) is 4.84. The third-order valence-electron chi connectivity index (χ3n) is 4.20. The van der Waals surface area contributed by atoms with Gasteiger partial charge in [-0.05, 0) is 24.3 Å². The number of hydrogen-bond acceptors (Lipinski definition) is 5. The van der Waals surface area contributed by atoms with E-state index in [2.05, 4.69) is 10.3 Å². The molecule has 1 aliphatic rings. The van der Waals surface area contributed by atoms with Gasteiger partial charge in [-0.15, -0.1) is 0 Å². The standard InChI is InChI=1S/C20H17N3O3S/c24-18(14-7-3-1-4-8-14)23-12-11-16-17(13-23)27-19(21-16)22-20(25)26-15-9-5-2-6-10-15/h1-10H,11-13H2,(H,21,22,25). The van der Waals surface area contributed by atoms with Gasteiger partial charge >= 0.3 is 6.09 Å². The molecule has 0 saturated carbocycles. The third kappa shape index (κ3) is 3.98. The largest absolute Gasteiger partial charge is 0.418 e. The summed E-state index contributed by atoms with van der Waals surface area (Å²) in [5, 5.41) is 3.15. The van der Waals surface area contributed by atoms with Gasteiger partial charge < -0.3 is 9.64 Å². The number of aromatic nitrogens is 1. The van der Waals surface area contributed by atoms with Crippen molar-refractivity contribution in [3.8, 4) is 5.75 Å². The molecule has 0 fully saturated rings. The summed E-state index contributed by atoms with van der Waals surface area (Å²) in [5.74, 6) is 0.476. The molecule has 0 aliphatic carbocycles. The summed E-state index contributed by atoms with van der Waals surface area (Å²) >= 11 is 1.37. The number of carbonyl (C=O) groups is 2. The Balaban J connectivity index is 1.41. The smallest absolute Gasteiger partial charge is 0.410 e. The van der Waals surface area contributed by atoms with Crippen LogP contribution in [0.1, 0.15) is 20.9 Å². The second kappa shape index (κ2) is 7.59. The van der Waals surface area contributed by atoms with Gasteiger partial charge in [-0.3, -0.25) is 10.1 Å². The summed E-state index contributed by atoms with van der Waals surface area (Å²) in [5.41, 5.74) is 1.60. The fourth-order valence-corrected chi connectivity index (χ4v) is 3.90. The molecule has 0 saturated heterocycles. The van der Waals surface area contributed by atoms with E-state index >= 15 is 0 Å². The molecule has 0 radical (unpaired) electrons. The van der Waals surface area contributed by atoms with Gasteiger partial charge in [0.2, 0.25) is 0 Å². The second-order valence-electron chi connectivity index (χ2n) is 6.06. The van der Waals surface area contributed by atoms with Gasteiger partial charge in [-0.25, -0.2) is 9.78 Å². The van der Waals surface area contributed by atoms with E-state index in [4.69, 9.17) is 4.74 Å². The minimum Gasteiger partial charge on any atom is -0.410 e. The van der Waals surface area contributed by atoms with Crippen LogP contribution in [0.4, 0.5) is 9.93 Å². The monoisotopic (exact) mass is 379 g/mol. The van der Waals surface area contributed by atoms with Crippen LogP contribution in [0.25, 0.3) is 0 Å². The molecule has 2 heterocycles. The second-order valence-corrected chi connectivity index (χ2v) is 7.14. The number of carbonyl (C=O) groups excluding carboxylic acids is 2. The van der Waals surface area contributed by atoms with Crippen molar-refractivity contribution in [3.05, 3.63) is 76.8 Å². The minimum absolute atomic E-state index is 0.00708. The molecule has 0 atom stereocenters. The maximum atomic E-state index is 12.6. The van der Waals surface area contributed by atoms with Crippen molar-refractivity contribution in [3.63, 3.8) is 0 Å². The lowest BCUT2D eigenvalue weighted by atomic mass is 10.1. The van der Waals surface area contributed by atoms with Crippen LogP contribution in [0.2, 0.25) is 0 Å². The van der Waals surface area contributed by atoms with Crippen molar-refractivity contribution in [1.82, 2.24) is 9.88 Å². The van der Waals surface area contributed by atoms with Crippen LogP contribution >= 0.6 is 11.3 Å². The van der Waals surface area contributed by atoms with Crippen LogP contribution in [0, 0.1) is 0 Å². The highest BCUT2D eigenvalue weighted by atomic mass is 32.1. The molecule has 1 aliphatic heterocycles. The Morgan fingerprint density at radius 3 is 2.48 bits per heavy atom. The van der Waals surface area contributed by atoms with Gasteiger partial charge in [-0.2, -0.15) is 0 Å². The minimum atomic E-state index is -0.579. The van der Waals surface area contributed by atoms with Gasteiger partial charge in [0, 0.05) is 23.4 Å². The van der Waals surface area contributed by atoms with E-state index in [1.807, 2.05) is 41.3 Å². The molecule has 2 amide bonds. The topological polar surface area (TPSA) is 71.5 Å². The van der Waals surface area contributed by atoms with Crippen LogP contribution < -0.4 is 10.1 Å². The highest BCUT2D eigenvalue weighted by Crippen LogP contribution is 2.29. The average molecular weight is 379 g/mol. The molecule has 1 aromatic heterocycles. The van der Waals surface area contributed by atoms with Crippen LogP contribution in [0.5, 0.6) is 5.75 Å². The number of rotatable bonds is 3. The molecule has 0 unspecified atom stereocenters. The van der Waals surface area contributed by atoms with Crippen LogP contribution in [-0.4, -0.2) is 28.4 Å². The summed E-state index contributed by atoms with van der Waals surface area (Å²) in [7, 11) is 0. The zero-order valence-electron chi connectivity index (χ0n) is 14.4. The predicted molar refractivity (Wildman–Crippen MR) is 103 cm³/mol. The van der Waals surface area contributed by atoms with Crippen molar-refractivity contribution in [2.24, 2.45) is 0 Å². The maximum Gasteiger partial charge on any atom is 0.418 e.